The molecule has 0 saturated heterocycles. The van der Waals surface area contributed by atoms with E-state index in [2.05, 4.69) is 42.8 Å². The molecule has 0 saturated carbocycles. The number of rotatable bonds is 3. The molecule has 0 spiro atoms. The zero-order valence-electron chi connectivity index (χ0n) is 13.2. The van der Waals surface area contributed by atoms with Gasteiger partial charge in [0.25, 0.3) is 0 Å². The second-order valence-electron chi connectivity index (χ2n) is 3.57. The first kappa shape index (κ1) is 19.1. The fourth-order valence-corrected chi connectivity index (χ4v) is 1.52. The fraction of sp³-hybridized carbons (Fsp3) is 0.500. The Balaban J connectivity index is 0. The number of hydrogen-bond acceptors (Lipinski definition) is 1. The lowest BCUT2D eigenvalue weighted by molar-refractivity contribution is 0.401. The van der Waals surface area contributed by atoms with Gasteiger partial charge in [-0.1, -0.05) is 52.5 Å². The van der Waals surface area contributed by atoms with Crippen molar-refractivity contribution in [2.24, 2.45) is 0 Å². The molecule has 0 unspecified atom stereocenters. The highest BCUT2D eigenvalue weighted by molar-refractivity contribution is 5.40. The maximum Gasteiger partial charge on any atom is 0.0413 e. The van der Waals surface area contributed by atoms with Crippen LogP contribution >= 0.6 is 0 Å². The number of hydrogen-bond donors (Lipinski definition) is 1. The third-order valence-electron chi connectivity index (χ3n) is 2.10. The summed E-state index contributed by atoms with van der Waals surface area (Å²) in [7, 11) is 4.14. The first-order valence-electron chi connectivity index (χ1n) is 6.79. The third-order valence-corrected chi connectivity index (χ3v) is 2.10. The van der Waals surface area contributed by atoms with E-state index in [1.807, 2.05) is 46.8 Å². The third kappa shape index (κ3) is 6.45. The van der Waals surface area contributed by atoms with Gasteiger partial charge in [0, 0.05) is 23.3 Å². The van der Waals surface area contributed by atoms with E-state index >= 15 is 0 Å². The summed E-state index contributed by atoms with van der Waals surface area (Å²) in [6, 6.07) is 0. The molecule has 0 amide bonds. The lowest BCUT2D eigenvalue weighted by Crippen LogP contribution is -2.26. The minimum Gasteiger partial charge on any atom is -0.361 e. The summed E-state index contributed by atoms with van der Waals surface area (Å²) in [5.74, 6) is 0. The van der Waals surface area contributed by atoms with Crippen LogP contribution in [0.15, 0.2) is 18.9 Å². The molecule has 0 aliphatic heterocycles. The first-order chi connectivity index (χ1) is 8.69. The molecule has 1 aromatic rings. The van der Waals surface area contributed by atoms with Crippen LogP contribution in [0.25, 0.3) is 12.2 Å². The quantitative estimate of drug-likeness (QED) is 0.874. The summed E-state index contributed by atoms with van der Waals surface area (Å²) in [6.07, 6.45) is 8.01. The van der Waals surface area contributed by atoms with Gasteiger partial charge in [-0.2, -0.15) is 0 Å². The number of H-pyrrole nitrogens is 1. The van der Waals surface area contributed by atoms with Crippen molar-refractivity contribution >= 4 is 12.2 Å². The monoisotopic (exact) mass is 250 g/mol. The van der Waals surface area contributed by atoms with Gasteiger partial charge >= 0.3 is 0 Å². The molecule has 0 aliphatic carbocycles. The zero-order chi connectivity index (χ0) is 14.6. The van der Waals surface area contributed by atoms with Crippen molar-refractivity contribution in [2.75, 3.05) is 14.1 Å². The number of aromatic nitrogens is 1. The Morgan fingerprint density at radius 3 is 2.17 bits per heavy atom. The molecular weight excluding hydrogens is 220 g/mol. The largest absolute Gasteiger partial charge is 0.361 e. The van der Waals surface area contributed by atoms with Crippen molar-refractivity contribution in [3.63, 3.8) is 0 Å². The van der Waals surface area contributed by atoms with E-state index in [0.717, 1.165) is 6.54 Å². The van der Waals surface area contributed by atoms with Crippen molar-refractivity contribution in [1.82, 2.24) is 9.88 Å². The van der Waals surface area contributed by atoms with E-state index in [4.69, 9.17) is 0 Å². The Hall–Kier alpha value is -1.28. The highest BCUT2D eigenvalue weighted by Gasteiger charge is 1.99. The van der Waals surface area contributed by atoms with Crippen LogP contribution in [0.2, 0.25) is 0 Å². The van der Waals surface area contributed by atoms with Crippen molar-refractivity contribution in [2.45, 2.75) is 41.2 Å². The van der Waals surface area contributed by atoms with Gasteiger partial charge in [0.15, 0.2) is 0 Å². The van der Waals surface area contributed by atoms with Crippen LogP contribution in [0.4, 0.5) is 0 Å². The summed E-state index contributed by atoms with van der Waals surface area (Å²) in [5, 5.41) is 2.41. The molecule has 0 bridgehead atoms. The van der Waals surface area contributed by atoms with Crippen molar-refractivity contribution in [3.8, 4) is 0 Å². The van der Waals surface area contributed by atoms with Crippen LogP contribution in [0, 0.1) is 0 Å². The van der Waals surface area contributed by atoms with Gasteiger partial charge in [-0.05, 0) is 26.6 Å². The maximum absolute atomic E-state index is 3.73. The van der Waals surface area contributed by atoms with Gasteiger partial charge < -0.3 is 9.88 Å². The van der Waals surface area contributed by atoms with Crippen molar-refractivity contribution in [1.29, 1.82) is 0 Å². The van der Waals surface area contributed by atoms with E-state index in [1.165, 1.54) is 16.1 Å². The number of allylic oxidation sites excluding steroid dienone is 1. The second-order valence-corrected chi connectivity index (χ2v) is 3.57. The van der Waals surface area contributed by atoms with E-state index in [0.29, 0.717) is 0 Å². The first-order valence-corrected chi connectivity index (χ1v) is 6.79. The fourth-order valence-electron chi connectivity index (χ4n) is 1.52. The average Bonchev–Trinajstić information content (AvgIpc) is 2.77. The second kappa shape index (κ2) is 12.2. The average molecular weight is 250 g/mol. The summed E-state index contributed by atoms with van der Waals surface area (Å²) < 4.78 is 0. The molecule has 1 aromatic heterocycles. The maximum atomic E-state index is 3.73. The Morgan fingerprint density at radius 1 is 1.22 bits per heavy atom. The van der Waals surface area contributed by atoms with Crippen LogP contribution < -0.4 is 10.6 Å². The van der Waals surface area contributed by atoms with E-state index in [9.17, 15) is 0 Å². The van der Waals surface area contributed by atoms with Crippen LogP contribution in [-0.2, 0) is 6.54 Å². The van der Waals surface area contributed by atoms with E-state index < -0.39 is 0 Å². The molecule has 0 aliphatic rings. The molecule has 104 valence electrons. The molecular formula is C16H30N2. The van der Waals surface area contributed by atoms with Gasteiger partial charge in [-0.3, -0.25) is 0 Å². The van der Waals surface area contributed by atoms with Gasteiger partial charge in [0.1, 0.15) is 0 Å². The molecule has 0 atom stereocenters. The Kier molecular flexibility index (Phi) is 12.9. The van der Waals surface area contributed by atoms with Crippen LogP contribution in [0.5, 0.6) is 0 Å². The van der Waals surface area contributed by atoms with Crippen molar-refractivity contribution in [3.05, 3.63) is 35.0 Å². The lowest BCUT2D eigenvalue weighted by Gasteiger charge is -2.06. The molecule has 0 aromatic carbocycles. The Bertz CT molecular complexity index is 411. The number of nitrogens with zero attached hydrogens (tertiary/aromatic N) is 1. The molecule has 0 fully saturated rings. The summed E-state index contributed by atoms with van der Waals surface area (Å²) in [5.41, 5.74) is 1.31. The Morgan fingerprint density at radius 2 is 1.78 bits per heavy atom. The lowest BCUT2D eigenvalue weighted by atomic mass is 10.2. The summed E-state index contributed by atoms with van der Waals surface area (Å²) >= 11 is 0. The topological polar surface area (TPSA) is 19.0 Å². The van der Waals surface area contributed by atoms with Gasteiger partial charge in [0.05, 0.1) is 0 Å². The van der Waals surface area contributed by atoms with E-state index in [1.54, 1.807) is 0 Å². The number of nitrogens with one attached hydrogen (secondary N) is 1. The minimum absolute atomic E-state index is 0.948. The van der Waals surface area contributed by atoms with Crippen molar-refractivity contribution < 1.29 is 0 Å². The summed E-state index contributed by atoms with van der Waals surface area (Å²) in [6.45, 7) is 14.7. The van der Waals surface area contributed by atoms with E-state index in [-0.39, 0.29) is 0 Å². The molecule has 2 heteroatoms. The highest BCUT2D eigenvalue weighted by atomic mass is 15.0. The molecule has 1 heterocycles. The smallest absolute Gasteiger partial charge is 0.0413 e. The van der Waals surface area contributed by atoms with Gasteiger partial charge in [-0.15, -0.1) is 0 Å². The zero-order valence-corrected chi connectivity index (χ0v) is 13.2. The summed E-state index contributed by atoms with van der Waals surface area (Å²) in [4.78, 5) is 5.41. The van der Waals surface area contributed by atoms with Crippen LogP contribution in [0.3, 0.4) is 0 Å². The SMILES string of the molecule is C=C/C=c1/c(CN(C)C)c[nH]/c1=C/C.CC.CC. The molecule has 18 heavy (non-hydrogen) atoms. The van der Waals surface area contributed by atoms with Crippen LogP contribution in [0.1, 0.15) is 40.2 Å². The van der Waals surface area contributed by atoms with Crippen LogP contribution in [-0.4, -0.2) is 24.0 Å². The highest BCUT2D eigenvalue weighted by Crippen LogP contribution is 1.91. The molecule has 0 radical (unpaired) electrons. The number of aromatic amines is 1. The standard InChI is InChI=1S/C12H18N2.2C2H6/c1-5-7-11-10(9-14(3)4)8-13-12(11)6-2;2*1-2/h5-8,13H,1,9H2,2-4H3;2*1-2H3/b11-7-,12-6+;;. The minimum atomic E-state index is 0.948. The predicted molar refractivity (Wildman–Crippen MR) is 84.9 cm³/mol. The Labute approximate surface area is 113 Å². The molecule has 1 rings (SSSR count). The van der Waals surface area contributed by atoms with Gasteiger partial charge in [0.2, 0.25) is 0 Å². The molecule has 1 N–H and O–H groups in total. The molecule has 2 nitrogen and oxygen atoms in total. The normalized spacial score (nSPS) is 11.6. The predicted octanol–water partition coefficient (Wildman–Crippen LogP) is 2.90. The van der Waals surface area contributed by atoms with Gasteiger partial charge in [-0.25, -0.2) is 0 Å².